The van der Waals surface area contributed by atoms with E-state index in [4.69, 9.17) is 21.1 Å². The molecule has 2 aromatic rings. The number of halogens is 2. The molecule has 2 amide bonds. The highest BCUT2D eigenvalue weighted by atomic mass is 35.5. The topological polar surface area (TPSA) is 64.6 Å². The number of imide groups is 1. The molecule has 0 spiro atoms. The number of hydrogen-bond donors (Lipinski definition) is 1. The molecule has 1 fully saturated rings. The first-order valence-corrected chi connectivity index (χ1v) is 8.66. The quantitative estimate of drug-likeness (QED) is 0.763. The van der Waals surface area contributed by atoms with Gasteiger partial charge in [0.15, 0.2) is 11.5 Å². The number of ether oxygens (including phenoxy) is 2. The van der Waals surface area contributed by atoms with Crippen LogP contribution in [0.2, 0.25) is 5.02 Å². The van der Waals surface area contributed by atoms with Gasteiger partial charge in [0.1, 0.15) is 12.4 Å². The fraction of sp³-hybridized carbons (Fsp3) is 0.111. The van der Waals surface area contributed by atoms with Crippen LogP contribution in [0.25, 0.3) is 6.08 Å². The van der Waals surface area contributed by atoms with Crippen LogP contribution in [0.5, 0.6) is 11.5 Å². The Balaban J connectivity index is 1.85. The van der Waals surface area contributed by atoms with Crippen molar-refractivity contribution in [1.82, 2.24) is 5.32 Å². The zero-order chi connectivity index (χ0) is 18.7. The maximum atomic E-state index is 13.9. The first-order valence-electron chi connectivity index (χ1n) is 7.46. The largest absolute Gasteiger partial charge is 0.493 e. The van der Waals surface area contributed by atoms with Gasteiger partial charge in [0, 0.05) is 5.56 Å². The van der Waals surface area contributed by atoms with Gasteiger partial charge < -0.3 is 9.47 Å². The normalized spacial score (nSPS) is 15.3. The second kappa shape index (κ2) is 7.80. The predicted octanol–water partition coefficient (Wildman–Crippen LogP) is 4.39. The fourth-order valence-electron chi connectivity index (χ4n) is 2.29. The minimum absolute atomic E-state index is 0.0877. The molecule has 1 aliphatic heterocycles. The molecule has 0 bridgehead atoms. The zero-order valence-corrected chi connectivity index (χ0v) is 15.1. The maximum Gasteiger partial charge on any atom is 0.290 e. The van der Waals surface area contributed by atoms with E-state index in [1.807, 2.05) is 0 Å². The van der Waals surface area contributed by atoms with Crippen LogP contribution in [0.4, 0.5) is 9.18 Å². The summed E-state index contributed by atoms with van der Waals surface area (Å²) in [5.41, 5.74) is 0.865. The molecule has 0 radical (unpaired) electrons. The SMILES string of the molecule is COc1ccc(/C=C2/SC(=O)NC2=O)cc1OCc1c(F)cccc1Cl. The summed E-state index contributed by atoms with van der Waals surface area (Å²) in [7, 11) is 1.48. The third-order valence-corrected chi connectivity index (χ3v) is 4.73. The number of benzene rings is 2. The van der Waals surface area contributed by atoms with Crippen molar-refractivity contribution in [2.75, 3.05) is 7.11 Å². The Kier molecular flexibility index (Phi) is 5.49. The lowest BCUT2D eigenvalue weighted by Gasteiger charge is -2.13. The second-order valence-electron chi connectivity index (χ2n) is 5.25. The molecular formula is C18H13ClFNO4S. The van der Waals surface area contributed by atoms with Crippen molar-refractivity contribution in [2.24, 2.45) is 0 Å². The van der Waals surface area contributed by atoms with Crippen LogP contribution in [0.1, 0.15) is 11.1 Å². The third kappa shape index (κ3) is 4.00. The monoisotopic (exact) mass is 393 g/mol. The standard InChI is InChI=1S/C18H13ClFNO4S/c1-24-14-6-5-10(8-16-17(22)21-18(23)26-16)7-15(14)25-9-11-12(19)3-2-4-13(11)20/h2-8H,9H2,1H3,(H,21,22,23)/b16-8+. The minimum atomic E-state index is -0.465. The van der Waals surface area contributed by atoms with Gasteiger partial charge in [-0.15, -0.1) is 0 Å². The molecule has 0 aliphatic carbocycles. The molecule has 3 rings (SSSR count). The first-order chi connectivity index (χ1) is 12.5. The summed E-state index contributed by atoms with van der Waals surface area (Å²) in [6.07, 6.45) is 1.56. The Morgan fingerprint density at radius 3 is 2.69 bits per heavy atom. The van der Waals surface area contributed by atoms with E-state index in [-0.39, 0.29) is 22.1 Å². The van der Waals surface area contributed by atoms with E-state index in [1.54, 1.807) is 30.3 Å². The van der Waals surface area contributed by atoms with E-state index in [0.29, 0.717) is 17.1 Å². The van der Waals surface area contributed by atoms with Gasteiger partial charge in [0.2, 0.25) is 0 Å². The number of nitrogens with one attached hydrogen (secondary N) is 1. The molecule has 5 nitrogen and oxygen atoms in total. The van der Waals surface area contributed by atoms with E-state index >= 15 is 0 Å². The molecule has 0 atom stereocenters. The van der Waals surface area contributed by atoms with Gasteiger partial charge >= 0.3 is 0 Å². The molecule has 8 heteroatoms. The summed E-state index contributed by atoms with van der Waals surface area (Å²) in [5.74, 6) is -0.112. The second-order valence-corrected chi connectivity index (χ2v) is 6.67. The number of methoxy groups -OCH3 is 1. The minimum Gasteiger partial charge on any atom is -0.493 e. The molecule has 2 aromatic carbocycles. The highest BCUT2D eigenvalue weighted by molar-refractivity contribution is 8.18. The van der Waals surface area contributed by atoms with Gasteiger partial charge in [0.25, 0.3) is 11.1 Å². The van der Waals surface area contributed by atoms with E-state index in [1.165, 1.54) is 19.2 Å². The molecule has 0 saturated carbocycles. The summed E-state index contributed by atoms with van der Waals surface area (Å²) >= 11 is 6.82. The van der Waals surface area contributed by atoms with Crippen LogP contribution in [-0.4, -0.2) is 18.3 Å². The number of carbonyl (C=O) groups excluding carboxylic acids is 2. The molecule has 1 saturated heterocycles. The van der Waals surface area contributed by atoms with E-state index in [0.717, 1.165) is 11.8 Å². The Morgan fingerprint density at radius 2 is 2.04 bits per heavy atom. The Morgan fingerprint density at radius 1 is 1.23 bits per heavy atom. The molecule has 26 heavy (non-hydrogen) atoms. The average Bonchev–Trinajstić information content (AvgIpc) is 2.92. The van der Waals surface area contributed by atoms with Gasteiger partial charge in [0.05, 0.1) is 17.0 Å². The average molecular weight is 394 g/mol. The molecule has 0 aromatic heterocycles. The van der Waals surface area contributed by atoms with Gasteiger partial charge in [-0.3, -0.25) is 14.9 Å². The maximum absolute atomic E-state index is 13.9. The highest BCUT2D eigenvalue weighted by Crippen LogP contribution is 2.32. The summed E-state index contributed by atoms with van der Waals surface area (Å²) in [5, 5.41) is 2.04. The summed E-state index contributed by atoms with van der Waals surface area (Å²) in [6.45, 7) is -0.0877. The van der Waals surface area contributed by atoms with Crippen LogP contribution in [0.3, 0.4) is 0 Å². The van der Waals surface area contributed by atoms with Gasteiger partial charge in [-0.2, -0.15) is 0 Å². The molecule has 1 heterocycles. The van der Waals surface area contributed by atoms with Crippen molar-refractivity contribution in [3.63, 3.8) is 0 Å². The Labute approximate surface area is 158 Å². The summed E-state index contributed by atoms with van der Waals surface area (Å²) in [6, 6.07) is 9.40. The van der Waals surface area contributed by atoms with Crippen molar-refractivity contribution in [1.29, 1.82) is 0 Å². The number of carbonyl (C=O) groups is 2. The molecule has 1 N–H and O–H groups in total. The van der Waals surface area contributed by atoms with Crippen molar-refractivity contribution >= 4 is 40.6 Å². The van der Waals surface area contributed by atoms with Gasteiger partial charge in [-0.25, -0.2) is 4.39 Å². The predicted molar refractivity (Wildman–Crippen MR) is 97.8 cm³/mol. The smallest absolute Gasteiger partial charge is 0.290 e. The van der Waals surface area contributed by atoms with Gasteiger partial charge in [-0.1, -0.05) is 23.7 Å². The fourth-order valence-corrected chi connectivity index (χ4v) is 3.19. The third-order valence-electron chi connectivity index (χ3n) is 3.56. The van der Waals surface area contributed by atoms with Crippen molar-refractivity contribution < 1.29 is 23.5 Å². The van der Waals surface area contributed by atoms with Crippen LogP contribution in [-0.2, 0) is 11.4 Å². The van der Waals surface area contributed by atoms with E-state index in [2.05, 4.69) is 5.32 Å². The van der Waals surface area contributed by atoms with Crippen LogP contribution in [0, 0.1) is 5.82 Å². The van der Waals surface area contributed by atoms with Crippen molar-refractivity contribution in [2.45, 2.75) is 6.61 Å². The van der Waals surface area contributed by atoms with Gasteiger partial charge in [-0.05, 0) is 47.7 Å². The lowest BCUT2D eigenvalue weighted by Crippen LogP contribution is -2.17. The lowest BCUT2D eigenvalue weighted by atomic mass is 10.1. The number of amides is 2. The van der Waals surface area contributed by atoms with E-state index in [9.17, 15) is 14.0 Å². The molecule has 1 aliphatic rings. The summed E-state index contributed by atoms with van der Waals surface area (Å²) in [4.78, 5) is 23.2. The van der Waals surface area contributed by atoms with E-state index < -0.39 is 17.0 Å². The van der Waals surface area contributed by atoms with Crippen molar-refractivity contribution in [3.8, 4) is 11.5 Å². The first kappa shape index (κ1) is 18.3. The number of thioether (sulfide) groups is 1. The number of rotatable bonds is 5. The lowest BCUT2D eigenvalue weighted by molar-refractivity contribution is -0.115. The molecular weight excluding hydrogens is 381 g/mol. The number of hydrogen-bond acceptors (Lipinski definition) is 5. The zero-order valence-electron chi connectivity index (χ0n) is 13.5. The highest BCUT2D eigenvalue weighted by Gasteiger charge is 2.25. The Hall–Kier alpha value is -2.51. The van der Waals surface area contributed by atoms with Crippen LogP contribution in [0.15, 0.2) is 41.3 Å². The Bertz CT molecular complexity index is 896. The molecule has 134 valence electrons. The van der Waals surface area contributed by atoms with Crippen molar-refractivity contribution in [3.05, 3.63) is 63.3 Å². The van der Waals surface area contributed by atoms with Crippen LogP contribution >= 0.6 is 23.4 Å². The molecule has 0 unspecified atom stereocenters. The summed E-state index contributed by atoms with van der Waals surface area (Å²) < 4.78 is 24.8. The van der Waals surface area contributed by atoms with Crippen LogP contribution < -0.4 is 14.8 Å².